The van der Waals surface area contributed by atoms with Gasteiger partial charge in [0, 0.05) is 19.0 Å². The molecule has 0 spiro atoms. The van der Waals surface area contributed by atoms with Gasteiger partial charge in [-0.3, -0.25) is 4.79 Å². The molecule has 6 nitrogen and oxygen atoms in total. The average molecular weight is 326 g/mol. The third-order valence-electron chi connectivity index (χ3n) is 4.24. The number of hydrogen-bond donors (Lipinski definition) is 1. The van der Waals surface area contributed by atoms with Crippen LogP contribution in [0, 0.1) is 0 Å². The van der Waals surface area contributed by atoms with Gasteiger partial charge in [-0.2, -0.15) is 0 Å². The highest BCUT2D eigenvalue weighted by molar-refractivity contribution is 5.94. The molecule has 1 atom stereocenters. The molecule has 0 saturated carbocycles. The average Bonchev–Trinajstić information content (AvgIpc) is 3.11. The van der Waals surface area contributed by atoms with Crippen molar-refractivity contribution >= 4 is 11.9 Å². The second-order valence-corrected chi connectivity index (χ2v) is 5.69. The molecular weight excluding hydrogens is 308 g/mol. The first-order chi connectivity index (χ1) is 11.6. The Morgan fingerprint density at radius 1 is 1.17 bits per heavy atom. The minimum atomic E-state index is -1.14. The van der Waals surface area contributed by atoms with Crippen LogP contribution in [0.5, 0.6) is 5.75 Å². The zero-order chi connectivity index (χ0) is 17.1. The van der Waals surface area contributed by atoms with Crippen molar-refractivity contribution in [3.63, 3.8) is 0 Å². The minimum absolute atomic E-state index is 0.124. The van der Waals surface area contributed by atoms with Crippen molar-refractivity contribution in [1.29, 1.82) is 0 Å². The largest absolute Gasteiger partial charge is 0.496 e. The topological polar surface area (TPSA) is 79.7 Å². The molecule has 3 rings (SSSR count). The number of amides is 1. The molecule has 2 heterocycles. The van der Waals surface area contributed by atoms with Crippen LogP contribution >= 0.6 is 0 Å². The Bertz CT molecular complexity index is 775. The number of carboxylic acids is 1. The Morgan fingerprint density at radius 2 is 1.92 bits per heavy atom. The van der Waals surface area contributed by atoms with E-state index < -0.39 is 5.97 Å². The van der Waals surface area contributed by atoms with Gasteiger partial charge in [-0.25, -0.2) is 9.78 Å². The maximum absolute atomic E-state index is 12.6. The van der Waals surface area contributed by atoms with Crippen molar-refractivity contribution in [3.05, 3.63) is 59.4 Å². The standard InChI is InChI=1S/C18H18N2O4/c1-24-16-8-3-2-5-13(16)12-9-10-20(11-12)17(21)14-6-4-7-15(19-14)18(22)23/h2-8,12H,9-11H2,1H3,(H,22,23). The number of rotatable bonds is 4. The molecular formula is C18H18N2O4. The number of pyridine rings is 1. The maximum Gasteiger partial charge on any atom is 0.354 e. The molecule has 1 N–H and O–H groups in total. The van der Waals surface area contributed by atoms with Crippen LogP contribution in [-0.4, -0.2) is 47.1 Å². The fourth-order valence-electron chi connectivity index (χ4n) is 3.04. The van der Waals surface area contributed by atoms with Gasteiger partial charge in [0.2, 0.25) is 0 Å². The third-order valence-corrected chi connectivity index (χ3v) is 4.24. The number of ether oxygens (including phenoxy) is 1. The number of aromatic carboxylic acids is 1. The molecule has 1 aliphatic rings. The Balaban J connectivity index is 1.77. The summed E-state index contributed by atoms with van der Waals surface area (Å²) in [5.41, 5.74) is 1.12. The first kappa shape index (κ1) is 16.0. The maximum atomic E-state index is 12.6. The SMILES string of the molecule is COc1ccccc1C1CCN(C(=O)c2cccc(C(=O)O)n2)C1. The van der Waals surface area contributed by atoms with Crippen LogP contribution in [0.15, 0.2) is 42.5 Å². The van der Waals surface area contributed by atoms with Crippen LogP contribution in [0.2, 0.25) is 0 Å². The molecule has 1 unspecified atom stereocenters. The molecule has 1 aromatic carbocycles. The predicted molar refractivity (Wildman–Crippen MR) is 87.5 cm³/mol. The molecule has 1 aliphatic heterocycles. The lowest BCUT2D eigenvalue weighted by Crippen LogP contribution is -2.29. The smallest absolute Gasteiger partial charge is 0.354 e. The number of carbonyl (C=O) groups excluding carboxylic acids is 1. The fourth-order valence-corrected chi connectivity index (χ4v) is 3.04. The van der Waals surface area contributed by atoms with Gasteiger partial charge in [0.25, 0.3) is 5.91 Å². The molecule has 1 saturated heterocycles. The Hall–Kier alpha value is -2.89. The molecule has 1 aromatic heterocycles. The normalized spacial score (nSPS) is 16.9. The van der Waals surface area contributed by atoms with Gasteiger partial charge in [-0.05, 0) is 30.2 Å². The van der Waals surface area contributed by atoms with Crippen LogP contribution in [0.25, 0.3) is 0 Å². The van der Waals surface area contributed by atoms with Crippen LogP contribution in [0.3, 0.4) is 0 Å². The summed E-state index contributed by atoms with van der Waals surface area (Å²) in [7, 11) is 1.64. The quantitative estimate of drug-likeness (QED) is 0.933. The number of likely N-dealkylation sites (tertiary alicyclic amines) is 1. The molecule has 1 amide bonds. The predicted octanol–water partition coefficient (Wildman–Crippen LogP) is 2.42. The number of hydrogen-bond acceptors (Lipinski definition) is 4. The second-order valence-electron chi connectivity index (χ2n) is 5.69. The van der Waals surface area contributed by atoms with E-state index in [1.165, 1.54) is 12.1 Å². The van der Waals surface area contributed by atoms with Gasteiger partial charge in [0.15, 0.2) is 0 Å². The highest BCUT2D eigenvalue weighted by atomic mass is 16.5. The minimum Gasteiger partial charge on any atom is -0.496 e. The fraction of sp³-hybridized carbons (Fsp3) is 0.278. The summed E-state index contributed by atoms with van der Waals surface area (Å²) in [5.74, 6) is -0.357. The van der Waals surface area contributed by atoms with Gasteiger partial charge in [0.1, 0.15) is 17.1 Å². The van der Waals surface area contributed by atoms with Crippen molar-refractivity contribution in [1.82, 2.24) is 9.88 Å². The summed E-state index contributed by atoms with van der Waals surface area (Å²) in [6.45, 7) is 1.18. The lowest BCUT2D eigenvalue weighted by atomic mass is 9.97. The van der Waals surface area contributed by atoms with E-state index in [0.717, 1.165) is 17.7 Å². The van der Waals surface area contributed by atoms with E-state index >= 15 is 0 Å². The highest BCUT2D eigenvalue weighted by Gasteiger charge is 2.30. The van der Waals surface area contributed by atoms with Crippen molar-refractivity contribution in [2.45, 2.75) is 12.3 Å². The molecule has 6 heteroatoms. The van der Waals surface area contributed by atoms with Gasteiger partial charge in [-0.15, -0.1) is 0 Å². The molecule has 0 bridgehead atoms. The monoisotopic (exact) mass is 326 g/mol. The van der Waals surface area contributed by atoms with E-state index in [1.807, 2.05) is 24.3 Å². The number of carboxylic acid groups (broad SMARTS) is 1. The summed E-state index contributed by atoms with van der Waals surface area (Å²) in [6.07, 6.45) is 0.838. The van der Waals surface area contributed by atoms with E-state index in [4.69, 9.17) is 9.84 Å². The number of para-hydroxylation sites is 1. The molecule has 24 heavy (non-hydrogen) atoms. The van der Waals surface area contributed by atoms with Gasteiger partial charge < -0.3 is 14.7 Å². The zero-order valence-electron chi connectivity index (χ0n) is 13.3. The van der Waals surface area contributed by atoms with E-state index in [1.54, 1.807) is 18.1 Å². The van der Waals surface area contributed by atoms with Crippen molar-refractivity contribution in [3.8, 4) is 5.75 Å². The van der Waals surface area contributed by atoms with Crippen molar-refractivity contribution < 1.29 is 19.4 Å². The first-order valence-electron chi connectivity index (χ1n) is 7.72. The Morgan fingerprint density at radius 3 is 2.67 bits per heavy atom. The molecule has 0 radical (unpaired) electrons. The lowest BCUT2D eigenvalue weighted by Gasteiger charge is -2.17. The summed E-state index contributed by atoms with van der Waals surface area (Å²) in [6, 6.07) is 12.3. The van der Waals surface area contributed by atoms with E-state index in [-0.39, 0.29) is 23.2 Å². The van der Waals surface area contributed by atoms with Crippen LogP contribution in [0.4, 0.5) is 0 Å². The van der Waals surface area contributed by atoms with Crippen LogP contribution in [-0.2, 0) is 0 Å². The van der Waals surface area contributed by atoms with Crippen LogP contribution in [0.1, 0.15) is 38.9 Å². The number of benzene rings is 1. The van der Waals surface area contributed by atoms with Gasteiger partial charge >= 0.3 is 5.97 Å². The molecule has 0 aliphatic carbocycles. The first-order valence-corrected chi connectivity index (χ1v) is 7.72. The number of carbonyl (C=O) groups is 2. The van der Waals surface area contributed by atoms with Gasteiger partial charge in [-0.1, -0.05) is 24.3 Å². The summed E-state index contributed by atoms with van der Waals surface area (Å²) >= 11 is 0. The van der Waals surface area contributed by atoms with Gasteiger partial charge in [0.05, 0.1) is 7.11 Å². The van der Waals surface area contributed by atoms with E-state index in [0.29, 0.717) is 13.1 Å². The molecule has 124 valence electrons. The second kappa shape index (κ2) is 6.70. The zero-order valence-corrected chi connectivity index (χ0v) is 13.3. The number of nitrogens with zero attached hydrogens (tertiary/aromatic N) is 2. The van der Waals surface area contributed by atoms with Crippen molar-refractivity contribution in [2.24, 2.45) is 0 Å². The summed E-state index contributed by atoms with van der Waals surface area (Å²) in [5, 5.41) is 9.00. The lowest BCUT2D eigenvalue weighted by molar-refractivity contribution is 0.0690. The molecule has 1 fully saturated rings. The summed E-state index contributed by atoms with van der Waals surface area (Å²) < 4.78 is 5.40. The van der Waals surface area contributed by atoms with Crippen molar-refractivity contribution in [2.75, 3.05) is 20.2 Å². The van der Waals surface area contributed by atoms with E-state index in [9.17, 15) is 9.59 Å². The summed E-state index contributed by atoms with van der Waals surface area (Å²) in [4.78, 5) is 29.2. The Labute approximate surface area is 139 Å². The third kappa shape index (κ3) is 3.08. The van der Waals surface area contributed by atoms with Crippen LogP contribution < -0.4 is 4.74 Å². The highest BCUT2D eigenvalue weighted by Crippen LogP contribution is 2.33. The van der Waals surface area contributed by atoms with E-state index in [2.05, 4.69) is 4.98 Å². The number of methoxy groups -OCH3 is 1. The molecule has 2 aromatic rings. The number of aromatic nitrogens is 1. The Kier molecular flexibility index (Phi) is 4.46.